The molecule has 0 saturated carbocycles. The molecular formula is C16H19N5O2S. The van der Waals surface area contributed by atoms with Gasteiger partial charge in [0.2, 0.25) is 0 Å². The largest absolute Gasteiger partial charge is 0.459 e. The summed E-state index contributed by atoms with van der Waals surface area (Å²) in [6.45, 7) is 6.01. The summed E-state index contributed by atoms with van der Waals surface area (Å²) in [6.07, 6.45) is 3.40. The van der Waals surface area contributed by atoms with Crippen molar-refractivity contribution in [3.63, 3.8) is 0 Å². The molecule has 0 unspecified atom stereocenters. The van der Waals surface area contributed by atoms with E-state index in [1.165, 1.54) is 0 Å². The molecule has 1 atom stereocenters. The third kappa shape index (κ3) is 3.55. The second kappa shape index (κ2) is 6.84. The number of aryl methyl sites for hydroxylation is 1. The molecule has 0 aliphatic carbocycles. The first-order chi connectivity index (χ1) is 11.8. The molecule has 1 fully saturated rings. The molecule has 0 aromatic carbocycles. The van der Waals surface area contributed by atoms with E-state index >= 15 is 0 Å². The number of aromatic nitrogens is 4. The van der Waals surface area contributed by atoms with Crippen LogP contribution in [0.2, 0.25) is 0 Å². The topological polar surface area (TPSA) is 69.2 Å². The molecule has 3 aromatic rings. The minimum absolute atomic E-state index is 0.131. The van der Waals surface area contributed by atoms with E-state index in [1.54, 1.807) is 24.0 Å². The van der Waals surface area contributed by atoms with Crippen molar-refractivity contribution in [2.75, 3.05) is 19.7 Å². The Balaban J connectivity index is 1.37. The van der Waals surface area contributed by atoms with Crippen LogP contribution in [0.5, 0.6) is 0 Å². The molecule has 24 heavy (non-hydrogen) atoms. The molecule has 4 rings (SSSR count). The lowest BCUT2D eigenvalue weighted by Crippen LogP contribution is -2.43. The number of hydrogen-bond donors (Lipinski definition) is 0. The van der Waals surface area contributed by atoms with E-state index < -0.39 is 0 Å². The minimum Gasteiger partial charge on any atom is -0.459 e. The molecule has 0 N–H and O–H groups in total. The molecular weight excluding hydrogens is 326 g/mol. The van der Waals surface area contributed by atoms with Crippen LogP contribution in [0.1, 0.15) is 11.5 Å². The predicted molar refractivity (Wildman–Crippen MR) is 89.6 cm³/mol. The smallest absolute Gasteiger partial charge is 0.162 e. The Bertz CT molecular complexity index is 782. The van der Waals surface area contributed by atoms with Crippen molar-refractivity contribution in [3.05, 3.63) is 41.6 Å². The fraction of sp³-hybridized carbons (Fsp3) is 0.438. The first kappa shape index (κ1) is 15.5. The molecule has 7 nitrogen and oxygen atoms in total. The standard InChI is InChI=1S/C16H19N5O2S/c1-12-2-3-15(23-12)16-19-13(9-24-16)6-20-4-5-22-14(7-20)8-21-11-17-10-18-21/h2-3,9-11,14H,4-8H2,1H3/t14-/m1/s1. The highest BCUT2D eigenvalue weighted by atomic mass is 32.1. The summed E-state index contributed by atoms with van der Waals surface area (Å²) in [7, 11) is 0. The van der Waals surface area contributed by atoms with E-state index in [2.05, 4.69) is 20.4 Å². The maximum atomic E-state index is 5.83. The van der Waals surface area contributed by atoms with Gasteiger partial charge in [-0.25, -0.2) is 9.97 Å². The summed E-state index contributed by atoms with van der Waals surface area (Å²) in [5.74, 6) is 1.75. The molecule has 4 heterocycles. The van der Waals surface area contributed by atoms with Gasteiger partial charge in [0, 0.05) is 25.0 Å². The summed E-state index contributed by atoms with van der Waals surface area (Å²) in [5, 5.41) is 7.19. The van der Waals surface area contributed by atoms with Gasteiger partial charge in [0.1, 0.15) is 18.4 Å². The van der Waals surface area contributed by atoms with Crippen LogP contribution in [0.25, 0.3) is 10.8 Å². The van der Waals surface area contributed by atoms with Gasteiger partial charge in [-0.1, -0.05) is 0 Å². The zero-order chi connectivity index (χ0) is 16.4. The van der Waals surface area contributed by atoms with E-state index in [0.717, 1.165) is 55.0 Å². The number of nitrogens with zero attached hydrogens (tertiary/aromatic N) is 5. The van der Waals surface area contributed by atoms with Gasteiger partial charge in [0.15, 0.2) is 10.8 Å². The molecule has 1 saturated heterocycles. The average Bonchev–Trinajstić information content (AvgIpc) is 3.30. The van der Waals surface area contributed by atoms with Gasteiger partial charge in [-0.15, -0.1) is 11.3 Å². The molecule has 0 amide bonds. The second-order valence-corrected chi connectivity index (χ2v) is 6.76. The minimum atomic E-state index is 0.131. The first-order valence-electron chi connectivity index (χ1n) is 7.94. The fourth-order valence-corrected chi connectivity index (χ4v) is 3.61. The Morgan fingerprint density at radius 3 is 3.12 bits per heavy atom. The van der Waals surface area contributed by atoms with Crippen LogP contribution in [-0.2, 0) is 17.8 Å². The van der Waals surface area contributed by atoms with Gasteiger partial charge in [0.25, 0.3) is 0 Å². The zero-order valence-corrected chi connectivity index (χ0v) is 14.3. The normalized spacial score (nSPS) is 19.0. The Kier molecular flexibility index (Phi) is 4.42. The molecule has 3 aromatic heterocycles. The van der Waals surface area contributed by atoms with Gasteiger partial charge in [-0.3, -0.25) is 9.58 Å². The maximum absolute atomic E-state index is 5.83. The number of thiazole rings is 1. The fourth-order valence-electron chi connectivity index (χ4n) is 2.84. The predicted octanol–water partition coefficient (Wildman–Crippen LogP) is 2.20. The van der Waals surface area contributed by atoms with Crippen LogP contribution < -0.4 is 0 Å². The molecule has 126 valence electrons. The Hall–Kier alpha value is -2.03. The summed E-state index contributed by atoms with van der Waals surface area (Å²) < 4.78 is 13.3. The number of hydrogen-bond acceptors (Lipinski definition) is 7. The summed E-state index contributed by atoms with van der Waals surface area (Å²) in [4.78, 5) is 11.0. The lowest BCUT2D eigenvalue weighted by atomic mass is 10.2. The van der Waals surface area contributed by atoms with E-state index in [-0.39, 0.29) is 6.10 Å². The maximum Gasteiger partial charge on any atom is 0.162 e. The molecule has 8 heteroatoms. The van der Waals surface area contributed by atoms with Crippen molar-refractivity contribution in [1.29, 1.82) is 0 Å². The van der Waals surface area contributed by atoms with Crippen LogP contribution in [0.4, 0.5) is 0 Å². The van der Waals surface area contributed by atoms with E-state index in [1.807, 2.05) is 23.7 Å². The van der Waals surface area contributed by atoms with Crippen LogP contribution in [0, 0.1) is 6.92 Å². The monoisotopic (exact) mass is 345 g/mol. The van der Waals surface area contributed by atoms with Crippen molar-refractivity contribution < 1.29 is 9.15 Å². The SMILES string of the molecule is Cc1ccc(-c2nc(CN3CCO[C@@H](Cn4cncn4)C3)cs2)o1. The van der Waals surface area contributed by atoms with Crippen LogP contribution in [0.15, 0.2) is 34.6 Å². The summed E-state index contributed by atoms with van der Waals surface area (Å²) in [5.41, 5.74) is 1.07. The second-order valence-electron chi connectivity index (χ2n) is 5.90. The highest BCUT2D eigenvalue weighted by molar-refractivity contribution is 7.13. The molecule has 0 bridgehead atoms. The molecule has 0 spiro atoms. The Morgan fingerprint density at radius 1 is 1.38 bits per heavy atom. The molecule has 1 aliphatic rings. The highest BCUT2D eigenvalue weighted by Crippen LogP contribution is 2.26. The lowest BCUT2D eigenvalue weighted by molar-refractivity contribution is -0.0405. The van der Waals surface area contributed by atoms with Crippen molar-refractivity contribution in [3.8, 4) is 10.8 Å². The first-order valence-corrected chi connectivity index (χ1v) is 8.82. The number of rotatable bonds is 5. The van der Waals surface area contributed by atoms with E-state index in [9.17, 15) is 0 Å². The number of morpholine rings is 1. The molecule has 0 radical (unpaired) electrons. The summed E-state index contributed by atoms with van der Waals surface area (Å²) in [6, 6.07) is 3.94. The van der Waals surface area contributed by atoms with Crippen molar-refractivity contribution in [1.82, 2.24) is 24.6 Å². The average molecular weight is 345 g/mol. The molecule has 1 aliphatic heterocycles. The third-order valence-corrected chi connectivity index (χ3v) is 4.87. The van der Waals surface area contributed by atoms with Gasteiger partial charge in [-0.05, 0) is 19.1 Å². The van der Waals surface area contributed by atoms with E-state index in [0.29, 0.717) is 0 Å². The Morgan fingerprint density at radius 2 is 2.33 bits per heavy atom. The van der Waals surface area contributed by atoms with Crippen LogP contribution in [0.3, 0.4) is 0 Å². The number of furan rings is 1. The van der Waals surface area contributed by atoms with Gasteiger partial charge in [-0.2, -0.15) is 5.10 Å². The van der Waals surface area contributed by atoms with Gasteiger partial charge >= 0.3 is 0 Å². The number of ether oxygens (including phenoxy) is 1. The van der Waals surface area contributed by atoms with Crippen LogP contribution >= 0.6 is 11.3 Å². The van der Waals surface area contributed by atoms with Crippen molar-refractivity contribution in [2.24, 2.45) is 0 Å². The lowest BCUT2D eigenvalue weighted by Gasteiger charge is -2.32. The zero-order valence-electron chi connectivity index (χ0n) is 13.5. The van der Waals surface area contributed by atoms with Gasteiger partial charge in [0.05, 0.1) is 24.9 Å². The quantitative estimate of drug-likeness (QED) is 0.706. The van der Waals surface area contributed by atoms with Crippen molar-refractivity contribution in [2.45, 2.75) is 26.1 Å². The third-order valence-electron chi connectivity index (χ3n) is 3.97. The van der Waals surface area contributed by atoms with E-state index in [4.69, 9.17) is 14.1 Å². The Labute approximate surface area is 143 Å². The highest BCUT2D eigenvalue weighted by Gasteiger charge is 2.22. The van der Waals surface area contributed by atoms with Crippen molar-refractivity contribution >= 4 is 11.3 Å². The summed E-state index contributed by atoms with van der Waals surface area (Å²) >= 11 is 1.62. The van der Waals surface area contributed by atoms with Gasteiger partial charge < -0.3 is 9.15 Å². The van der Waals surface area contributed by atoms with Crippen LogP contribution in [-0.4, -0.2) is 50.4 Å².